The van der Waals surface area contributed by atoms with Gasteiger partial charge in [-0.25, -0.2) is 0 Å². The molecule has 7 aromatic rings. The summed E-state index contributed by atoms with van der Waals surface area (Å²) in [7, 11) is 1.62. The summed E-state index contributed by atoms with van der Waals surface area (Å²) >= 11 is 0. The van der Waals surface area contributed by atoms with Gasteiger partial charge in [0.2, 0.25) is 17.8 Å². The van der Waals surface area contributed by atoms with Gasteiger partial charge in [0.15, 0.2) is 11.5 Å². The minimum absolute atomic E-state index is 0.0982. The molecule has 5 N–H and O–H groups in total. The number of ketones is 1. The Kier molecular flexibility index (Phi) is 14.2. The molecule has 0 saturated carbocycles. The number of azo groups is 1. The summed E-state index contributed by atoms with van der Waals surface area (Å²) in [6.07, 6.45) is 9.80. The molecule has 5 aromatic carbocycles. The highest BCUT2D eigenvalue weighted by Gasteiger charge is 2.23. The van der Waals surface area contributed by atoms with E-state index < -0.39 is 0 Å². The first kappa shape index (κ1) is 45.5. The number of nitrogens with one attached hydrogen (secondary N) is 4. The van der Waals surface area contributed by atoms with Crippen molar-refractivity contribution >= 4 is 73.3 Å². The van der Waals surface area contributed by atoms with Gasteiger partial charge < -0.3 is 40.6 Å². The zero-order valence-corrected chi connectivity index (χ0v) is 39.2. The van der Waals surface area contributed by atoms with E-state index in [0.717, 1.165) is 88.8 Å². The molecule has 0 aliphatic carbocycles. The second-order valence-electron chi connectivity index (χ2n) is 18.3. The van der Waals surface area contributed by atoms with E-state index in [1.54, 1.807) is 13.2 Å². The number of aromatic hydroxyl groups is 1. The van der Waals surface area contributed by atoms with E-state index in [2.05, 4.69) is 55.8 Å². The number of benzene rings is 5. The van der Waals surface area contributed by atoms with Crippen molar-refractivity contribution in [2.45, 2.75) is 90.6 Å². The van der Waals surface area contributed by atoms with E-state index in [1.807, 2.05) is 79.7 Å². The lowest BCUT2D eigenvalue weighted by molar-refractivity contribution is 0.0990. The fraction of sp³-hybridized carbons (Fsp3) is 0.396. The molecule has 2 saturated heterocycles. The number of likely N-dealkylation sites (tertiary alicyclic amines) is 2. The number of carbonyl (C=O) groups excluding carboxylic acids is 1. The SMILES string of the molecule is COc1ccc(CC(=O)c2cc3ccc4c5ccccc5[nH]c4c3c(N=Nc3ccc(Nc4nc(NCCCN5CCCCC5C)nc(NCCCN5CCCCC5C)n4)cc3)c2O)c(C)c1. The maximum atomic E-state index is 14.0. The Morgan fingerprint density at radius 2 is 1.46 bits per heavy atom. The van der Waals surface area contributed by atoms with Crippen LogP contribution in [0.3, 0.4) is 0 Å². The van der Waals surface area contributed by atoms with Gasteiger partial charge in [0.25, 0.3) is 0 Å². The van der Waals surface area contributed by atoms with Crippen LogP contribution in [0.25, 0.3) is 32.6 Å². The standard InChI is InChI=1S/C53H63N11O3/c1-34-31-41(67-4)23-17-37(34)33-46(65)44-32-38-18-24-43-42-15-5-6-16-45(42)57-48(43)47(38)49(50(44)66)62-61-40-21-19-39(20-22-40)56-53-59-51(54-25-11-29-63-27-9-7-13-35(63)2)58-52(60-53)55-26-12-30-64-28-10-8-14-36(64)3/h5-6,15-24,31-32,35-36,57,66H,7-14,25-30,33H2,1-4H3,(H3,54,55,56,58,59,60). The van der Waals surface area contributed by atoms with E-state index in [9.17, 15) is 9.90 Å². The summed E-state index contributed by atoms with van der Waals surface area (Å²) in [6, 6.07) is 28.2. The lowest BCUT2D eigenvalue weighted by Gasteiger charge is -2.33. The normalized spacial score (nSPS) is 17.1. The number of aromatic nitrogens is 4. The molecule has 2 fully saturated rings. The Bertz CT molecular complexity index is 2830. The minimum atomic E-state index is -0.231. The zero-order valence-electron chi connectivity index (χ0n) is 39.2. The van der Waals surface area contributed by atoms with Crippen LogP contribution in [-0.4, -0.2) is 99.1 Å². The molecule has 0 radical (unpaired) electrons. The number of methoxy groups -OCH3 is 1. The quantitative estimate of drug-likeness (QED) is 0.0316. The molecule has 2 unspecified atom stereocenters. The highest BCUT2D eigenvalue weighted by molar-refractivity contribution is 6.22. The molecule has 2 aliphatic heterocycles. The molecule has 14 heteroatoms. The molecule has 67 heavy (non-hydrogen) atoms. The number of anilines is 4. The van der Waals surface area contributed by atoms with Crippen molar-refractivity contribution in [1.29, 1.82) is 0 Å². The number of nitrogens with zero attached hydrogens (tertiary/aromatic N) is 7. The lowest BCUT2D eigenvalue weighted by Crippen LogP contribution is -2.38. The van der Waals surface area contributed by atoms with Crippen molar-refractivity contribution in [2.24, 2.45) is 10.2 Å². The smallest absolute Gasteiger partial charge is 0.233 e. The van der Waals surface area contributed by atoms with E-state index >= 15 is 0 Å². The summed E-state index contributed by atoms with van der Waals surface area (Å²) in [5.74, 6) is 1.75. The number of fused-ring (bicyclic) bond motifs is 5. The topological polar surface area (TPSA) is 168 Å². The number of phenols is 1. The van der Waals surface area contributed by atoms with Gasteiger partial charge in [0.05, 0.1) is 23.9 Å². The monoisotopic (exact) mass is 902 g/mol. The average Bonchev–Trinajstić information content (AvgIpc) is 3.72. The van der Waals surface area contributed by atoms with E-state index in [0.29, 0.717) is 41.0 Å². The van der Waals surface area contributed by atoms with Crippen LogP contribution in [0.2, 0.25) is 0 Å². The number of aryl methyl sites for hydroxylation is 1. The van der Waals surface area contributed by atoms with Gasteiger partial charge in [0.1, 0.15) is 11.4 Å². The number of phenolic OH excluding ortho intramolecular Hbond substituents is 1. The minimum Gasteiger partial charge on any atom is -0.505 e. The van der Waals surface area contributed by atoms with Gasteiger partial charge in [-0.3, -0.25) is 4.79 Å². The second kappa shape index (κ2) is 20.9. The van der Waals surface area contributed by atoms with Crippen LogP contribution >= 0.6 is 0 Å². The Labute approximate surface area is 392 Å². The third kappa shape index (κ3) is 10.7. The van der Waals surface area contributed by atoms with E-state index in [1.165, 1.54) is 51.6 Å². The summed E-state index contributed by atoms with van der Waals surface area (Å²) in [4.78, 5) is 37.0. The number of piperidine rings is 2. The Balaban J connectivity index is 0.953. The van der Waals surface area contributed by atoms with E-state index in [4.69, 9.17) is 24.8 Å². The van der Waals surface area contributed by atoms with E-state index in [-0.39, 0.29) is 29.2 Å². The summed E-state index contributed by atoms with van der Waals surface area (Å²) in [5.41, 5.74) is 5.25. The number of aromatic amines is 1. The molecule has 348 valence electrons. The molecular formula is C53H63N11O3. The van der Waals surface area contributed by atoms with Gasteiger partial charge in [0, 0.05) is 72.0 Å². The number of ether oxygens (including phenoxy) is 1. The molecular weight excluding hydrogens is 839 g/mol. The van der Waals surface area contributed by atoms with Crippen LogP contribution in [-0.2, 0) is 6.42 Å². The number of hydrogen-bond donors (Lipinski definition) is 5. The summed E-state index contributed by atoms with van der Waals surface area (Å²) in [6.45, 7) is 12.6. The highest BCUT2D eigenvalue weighted by Crippen LogP contribution is 2.44. The molecule has 9 rings (SSSR count). The predicted molar refractivity (Wildman–Crippen MR) is 270 cm³/mol. The van der Waals surface area contributed by atoms with Crippen LogP contribution in [0.5, 0.6) is 11.5 Å². The molecule has 14 nitrogen and oxygen atoms in total. The largest absolute Gasteiger partial charge is 0.505 e. The second-order valence-corrected chi connectivity index (χ2v) is 18.3. The maximum absolute atomic E-state index is 14.0. The fourth-order valence-corrected chi connectivity index (χ4v) is 9.73. The molecule has 2 aliphatic rings. The third-order valence-electron chi connectivity index (χ3n) is 13.6. The van der Waals surface area contributed by atoms with Crippen LogP contribution < -0.4 is 20.7 Å². The number of carbonyl (C=O) groups is 1. The van der Waals surface area contributed by atoms with Crippen molar-refractivity contribution in [3.8, 4) is 11.5 Å². The Hall–Kier alpha value is -6.64. The van der Waals surface area contributed by atoms with Gasteiger partial charge in [-0.2, -0.15) is 20.1 Å². The van der Waals surface area contributed by atoms with Gasteiger partial charge >= 0.3 is 0 Å². The molecule has 0 bridgehead atoms. The molecule has 0 amide bonds. The first-order valence-corrected chi connectivity index (χ1v) is 24.1. The first-order chi connectivity index (χ1) is 32.7. The molecule has 4 heterocycles. The van der Waals surface area contributed by atoms with Gasteiger partial charge in [-0.1, -0.05) is 49.2 Å². The fourth-order valence-electron chi connectivity index (χ4n) is 9.73. The van der Waals surface area contributed by atoms with Crippen molar-refractivity contribution in [1.82, 2.24) is 29.7 Å². The number of hydrogen-bond acceptors (Lipinski definition) is 13. The number of para-hydroxylation sites is 1. The maximum Gasteiger partial charge on any atom is 0.233 e. The van der Waals surface area contributed by atoms with Crippen molar-refractivity contribution in [3.63, 3.8) is 0 Å². The lowest BCUT2D eigenvalue weighted by atomic mass is 9.95. The number of H-pyrrole nitrogens is 1. The number of Topliss-reactive ketones (excluding diaryl/α,β-unsaturated/α-hetero) is 1. The first-order valence-electron chi connectivity index (χ1n) is 24.1. The zero-order chi connectivity index (χ0) is 46.3. The Morgan fingerprint density at radius 1 is 0.791 bits per heavy atom. The Morgan fingerprint density at radius 3 is 2.12 bits per heavy atom. The van der Waals surface area contributed by atoms with Crippen molar-refractivity contribution in [2.75, 3.05) is 62.3 Å². The van der Waals surface area contributed by atoms with Gasteiger partial charge in [-0.05, 0) is 137 Å². The average molecular weight is 902 g/mol. The van der Waals surface area contributed by atoms with Crippen LogP contribution in [0, 0.1) is 6.92 Å². The summed E-state index contributed by atoms with van der Waals surface area (Å²) < 4.78 is 5.38. The molecule has 2 aromatic heterocycles. The molecule has 2 atom stereocenters. The predicted octanol–water partition coefficient (Wildman–Crippen LogP) is 11.6. The highest BCUT2D eigenvalue weighted by atomic mass is 16.5. The van der Waals surface area contributed by atoms with Gasteiger partial charge in [-0.15, -0.1) is 5.11 Å². The van der Waals surface area contributed by atoms with Crippen LogP contribution in [0.4, 0.5) is 34.9 Å². The van der Waals surface area contributed by atoms with Crippen LogP contribution in [0.1, 0.15) is 86.7 Å². The third-order valence-corrected chi connectivity index (χ3v) is 13.6. The van der Waals surface area contributed by atoms with Crippen LogP contribution in [0.15, 0.2) is 95.2 Å². The number of rotatable bonds is 18. The van der Waals surface area contributed by atoms with Crippen molar-refractivity contribution < 1.29 is 14.6 Å². The van der Waals surface area contributed by atoms with Crippen molar-refractivity contribution in [3.05, 3.63) is 102 Å². The molecule has 0 spiro atoms. The summed E-state index contributed by atoms with van der Waals surface area (Å²) in [5, 5.41) is 35.1.